The number of likely N-dealkylation sites (N-methyl/N-ethyl adjacent to an activating group) is 1. The van der Waals surface area contributed by atoms with Gasteiger partial charge in [0.05, 0.1) is 0 Å². The number of amides is 2. The van der Waals surface area contributed by atoms with E-state index in [1.807, 2.05) is 31.2 Å². The van der Waals surface area contributed by atoms with E-state index in [1.165, 1.54) is 0 Å². The van der Waals surface area contributed by atoms with Crippen LogP contribution in [0.1, 0.15) is 20.4 Å². The molecule has 0 saturated carbocycles. The number of piperazine rings is 1. The van der Waals surface area contributed by atoms with Gasteiger partial charge in [-0.1, -0.05) is 29.0 Å². The van der Waals surface area contributed by atoms with Crippen molar-refractivity contribution in [1.82, 2.24) is 25.3 Å². The molecular weight excluding hydrogens is 404 g/mol. The molecule has 0 bridgehead atoms. The van der Waals surface area contributed by atoms with Crippen LogP contribution in [0.2, 0.25) is 0 Å². The van der Waals surface area contributed by atoms with Crippen LogP contribution in [0.15, 0.2) is 24.3 Å². The van der Waals surface area contributed by atoms with E-state index in [-0.39, 0.29) is 30.0 Å². The summed E-state index contributed by atoms with van der Waals surface area (Å²) >= 11 is 1.15. The van der Waals surface area contributed by atoms with Crippen molar-refractivity contribution in [3.05, 3.63) is 39.8 Å². The summed E-state index contributed by atoms with van der Waals surface area (Å²) in [4.78, 5) is 28.8. The molecule has 0 unspecified atom stereocenters. The van der Waals surface area contributed by atoms with Crippen LogP contribution in [0.3, 0.4) is 0 Å². The SMILES string of the molecule is Cc1ccc(NC(=O)c2nnc(COCC(=O)NCCN3CCN(C)CC3)s2)cc1. The number of nitrogens with zero attached hydrogens (tertiary/aromatic N) is 4. The predicted molar refractivity (Wildman–Crippen MR) is 116 cm³/mol. The maximum absolute atomic E-state index is 12.2. The lowest BCUT2D eigenvalue weighted by atomic mass is 10.2. The molecule has 0 atom stereocenters. The van der Waals surface area contributed by atoms with Crippen molar-refractivity contribution in [1.29, 1.82) is 0 Å². The van der Waals surface area contributed by atoms with Crippen molar-refractivity contribution in [2.45, 2.75) is 13.5 Å². The van der Waals surface area contributed by atoms with Gasteiger partial charge in [0.1, 0.15) is 18.2 Å². The fraction of sp³-hybridized carbons (Fsp3) is 0.500. The number of carbonyl (C=O) groups is 2. The highest BCUT2D eigenvalue weighted by atomic mass is 32.1. The number of anilines is 1. The van der Waals surface area contributed by atoms with Crippen molar-refractivity contribution in [2.24, 2.45) is 0 Å². The molecule has 30 heavy (non-hydrogen) atoms. The summed E-state index contributed by atoms with van der Waals surface area (Å²) in [5, 5.41) is 14.3. The van der Waals surface area contributed by atoms with Crippen LogP contribution < -0.4 is 10.6 Å². The first-order valence-electron chi connectivity index (χ1n) is 9.95. The molecule has 1 aromatic carbocycles. The molecule has 9 nitrogen and oxygen atoms in total. The van der Waals surface area contributed by atoms with Gasteiger partial charge in [-0.3, -0.25) is 14.5 Å². The first-order chi connectivity index (χ1) is 14.5. The van der Waals surface area contributed by atoms with E-state index in [9.17, 15) is 9.59 Å². The Kier molecular flexibility index (Phi) is 8.26. The molecule has 1 aliphatic heterocycles. The van der Waals surface area contributed by atoms with Gasteiger partial charge in [0.25, 0.3) is 5.91 Å². The lowest BCUT2D eigenvalue weighted by molar-refractivity contribution is -0.126. The van der Waals surface area contributed by atoms with Crippen LogP contribution in [0, 0.1) is 6.92 Å². The van der Waals surface area contributed by atoms with Crippen molar-refractivity contribution >= 4 is 28.8 Å². The van der Waals surface area contributed by atoms with Gasteiger partial charge >= 0.3 is 0 Å². The fourth-order valence-corrected chi connectivity index (χ4v) is 3.60. The predicted octanol–water partition coefficient (Wildman–Crippen LogP) is 0.979. The summed E-state index contributed by atoms with van der Waals surface area (Å²) in [6.07, 6.45) is 0. The zero-order valence-corrected chi connectivity index (χ0v) is 18.2. The van der Waals surface area contributed by atoms with E-state index < -0.39 is 0 Å². The second kappa shape index (κ2) is 11.1. The van der Waals surface area contributed by atoms with Crippen molar-refractivity contribution in [3.8, 4) is 0 Å². The molecule has 1 aliphatic rings. The highest BCUT2D eigenvalue weighted by Crippen LogP contribution is 2.14. The van der Waals surface area contributed by atoms with Crippen LogP contribution in [-0.4, -0.2) is 84.7 Å². The third-order valence-corrected chi connectivity index (χ3v) is 5.67. The Labute approximate surface area is 180 Å². The summed E-state index contributed by atoms with van der Waals surface area (Å²) in [5.74, 6) is -0.477. The third kappa shape index (κ3) is 7.13. The Morgan fingerprint density at radius 3 is 2.60 bits per heavy atom. The topological polar surface area (TPSA) is 99.7 Å². The molecule has 2 aromatic rings. The monoisotopic (exact) mass is 432 g/mol. The maximum atomic E-state index is 12.2. The van der Waals surface area contributed by atoms with Crippen LogP contribution >= 0.6 is 11.3 Å². The van der Waals surface area contributed by atoms with Gasteiger partial charge in [0, 0.05) is 45.0 Å². The molecule has 3 rings (SSSR count). The van der Waals surface area contributed by atoms with Gasteiger partial charge in [0.15, 0.2) is 0 Å². The van der Waals surface area contributed by atoms with E-state index in [2.05, 4.69) is 37.7 Å². The molecule has 2 amide bonds. The molecular formula is C20H28N6O3S. The number of hydrogen-bond donors (Lipinski definition) is 2. The van der Waals surface area contributed by atoms with Crippen LogP contribution in [0.4, 0.5) is 5.69 Å². The van der Waals surface area contributed by atoms with Gasteiger partial charge in [0.2, 0.25) is 10.9 Å². The van der Waals surface area contributed by atoms with Crippen molar-refractivity contribution < 1.29 is 14.3 Å². The Bertz CT molecular complexity index is 833. The molecule has 162 valence electrons. The summed E-state index contributed by atoms with van der Waals surface area (Å²) in [6.45, 7) is 7.70. The van der Waals surface area contributed by atoms with Gasteiger partial charge < -0.3 is 20.3 Å². The summed E-state index contributed by atoms with van der Waals surface area (Å²) in [6, 6.07) is 7.51. The Hall–Kier alpha value is -2.40. The molecule has 2 heterocycles. The lowest BCUT2D eigenvalue weighted by Crippen LogP contribution is -2.47. The summed E-state index contributed by atoms with van der Waals surface area (Å²) < 4.78 is 5.41. The number of nitrogens with one attached hydrogen (secondary N) is 2. The zero-order chi connectivity index (χ0) is 21.3. The van der Waals surface area contributed by atoms with Gasteiger partial charge in [-0.2, -0.15) is 0 Å². The molecule has 0 spiro atoms. The summed E-state index contributed by atoms with van der Waals surface area (Å²) in [7, 11) is 2.12. The number of hydrogen-bond acceptors (Lipinski definition) is 8. The molecule has 0 radical (unpaired) electrons. The number of ether oxygens (including phenoxy) is 1. The van der Waals surface area contributed by atoms with Crippen molar-refractivity contribution in [2.75, 3.05) is 58.2 Å². The number of aromatic nitrogens is 2. The number of aryl methyl sites for hydroxylation is 1. The average molecular weight is 433 g/mol. The highest BCUT2D eigenvalue weighted by Gasteiger charge is 2.15. The van der Waals surface area contributed by atoms with Crippen molar-refractivity contribution in [3.63, 3.8) is 0 Å². The first kappa shape index (κ1) is 22.3. The molecule has 10 heteroatoms. The largest absolute Gasteiger partial charge is 0.364 e. The second-order valence-electron chi connectivity index (χ2n) is 7.31. The normalized spacial score (nSPS) is 15.1. The number of benzene rings is 1. The van der Waals surface area contributed by atoms with E-state index in [0.29, 0.717) is 17.2 Å². The molecule has 1 fully saturated rings. The minimum atomic E-state index is -0.316. The van der Waals surface area contributed by atoms with Crippen LogP contribution in [-0.2, 0) is 16.1 Å². The smallest absolute Gasteiger partial charge is 0.286 e. The van der Waals surface area contributed by atoms with Gasteiger partial charge in [-0.05, 0) is 26.1 Å². The Morgan fingerprint density at radius 1 is 1.13 bits per heavy atom. The standard InChI is InChI=1S/C20H28N6O3S/c1-15-3-5-16(6-4-15)22-19(28)20-24-23-18(30-20)14-29-13-17(27)21-7-8-26-11-9-25(2)10-12-26/h3-6H,7-14H2,1-2H3,(H,21,27)(H,22,28). The lowest BCUT2D eigenvalue weighted by Gasteiger charge is -2.32. The van der Waals surface area contributed by atoms with E-state index in [4.69, 9.17) is 4.74 Å². The fourth-order valence-electron chi connectivity index (χ4n) is 2.93. The molecule has 2 N–H and O–H groups in total. The highest BCUT2D eigenvalue weighted by molar-refractivity contribution is 7.13. The van der Waals surface area contributed by atoms with Crippen LogP contribution in [0.5, 0.6) is 0 Å². The number of carbonyl (C=O) groups excluding carboxylic acids is 2. The first-order valence-corrected chi connectivity index (χ1v) is 10.8. The van der Waals surface area contributed by atoms with E-state index >= 15 is 0 Å². The molecule has 1 aromatic heterocycles. The molecule has 0 aliphatic carbocycles. The van der Waals surface area contributed by atoms with Crippen LogP contribution in [0.25, 0.3) is 0 Å². The molecule has 1 saturated heterocycles. The van der Waals surface area contributed by atoms with E-state index in [0.717, 1.165) is 49.6 Å². The van der Waals surface area contributed by atoms with E-state index in [1.54, 1.807) is 0 Å². The Morgan fingerprint density at radius 2 is 1.87 bits per heavy atom. The third-order valence-electron chi connectivity index (χ3n) is 4.78. The minimum Gasteiger partial charge on any atom is -0.364 e. The maximum Gasteiger partial charge on any atom is 0.286 e. The minimum absolute atomic E-state index is 0.0484. The average Bonchev–Trinajstić information content (AvgIpc) is 3.20. The zero-order valence-electron chi connectivity index (χ0n) is 17.4. The quantitative estimate of drug-likeness (QED) is 0.609. The summed E-state index contributed by atoms with van der Waals surface area (Å²) in [5.41, 5.74) is 1.82. The van der Waals surface area contributed by atoms with Gasteiger partial charge in [-0.15, -0.1) is 10.2 Å². The number of rotatable bonds is 9. The Balaban J connectivity index is 1.32. The second-order valence-corrected chi connectivity index (χ2v) is 8.37. The van der Waals surface area contributed by atoms with Gasteiger partial charge in [-0.25, -0.2) is 0 Å².